The van der Waals surface area contributed by atoms with Crippen LogP contribution >= 0.6 is 38.9 Å². The van der Waals surface area contributed by atoms with Crippen molar-refractivity contribution in [1.82, 2.24) is 4.31 Å². The van der Waals surface area contributed by atoms with Gasteiger partial charge in [0.15, 0.2) is 0 Å². The second-order valence-electron chi connectivity index (χ2n) is 4.68. The van der Waals surface area contributed by atoms with Crippen molar-refractivity contribution in [2.45, 2.75) is 30.5 Å². The van der Waals surface area contributed by atoms with E-state index in [2.05, 4.69) is 22.5 Å². The maximum Gasteiger partial charge on any atom is 0.253 e. The predicted octanol–water partition coefficient (Wildman–Crippen LogP) is 4.14. The molecule has 0 N–H and O–H groups in total. The molecule has 0 aromatic carbocycles. The van der Waals surface area contributed by atoms with Gasteiger partial charge in [0.25, 0.3) is 10.0 Å². The molecule has 3 nitrogen and oxygen atoms in total. The Bertz CT molecular complexity index is 526. The van der Waals surface area contributed by atoms with Gasteiger partial charge in [-0.25, -0.2) is 8.42 Å². The summed E-state index contributed by atoms with van der Waals surface area (Å²) >= 11 is 10.2. The number of nitrogens with zero attached hydrogens (tertiary/aromatic N) is 1. The Labute approximate surface area is 126 Å². The van der Waals surface area contributed by atoms with Crippen LogP contribution in [0, 0.1) is 0 Å². The highest BCUT2D eigenvalue weighted by atomic mass is 79.9. The summed E-state index contributed by atoms with van der Waals surface area (Å²) < 4.78 is 27.3. The summed E-state index contributed by atoms with van der Waals surface area (Å²) in [5, 5.41) is 0.408. The molecule has 7 heteroatoms. The van der Waals surface area contributed by atoms with Crippen LogP contribution in [0.3, 0.4) is 0 Å². The predicted molar refractivity (Wildman–Crippen MR) is 80.9 cm³/mol. The second-order valence-corrected chi connectivity index (χ2v) is 9.55. The maximum absolute atomic E-state index is 12.5. The summed E-state index contributed by atoms with van der Waals surface area (Å²) in [6.45, 7) is 9.41. The van der Waals surface area contributed by atoms with Crippen LogP contribution in [0.1, 0.15) is 20.8 Å². The van der Waals surface area contributed by atoms with Crippen LogP contribution in [0.5, 0.6) is 0 Å². The average Bonchev–Trinajstić information content (AvgIpc) is 2.54. The van der Waals surface area contributed by atoms with Crippen molar-refractivity contribution in [3.63, 3.8) is 0 Å². The van der Waals surface area contributed by atoms with Crippen LogP contribution in [0.2, 0.25) is 5.02 Å². The zero-order valence-corrected chi connectivity index (χ0v) is 14.4. The lowest BCUT2D eigenvalue weighted by Crippen LogP contribution is -2.45. The van der Waals surface area contributed by atoms with Gasteiger partial charge in [0.2, 0.25) is 0 Å². The number of hydrogen-bond donors (Lipinski definition) is 0. The minimum Gasteiger partial charge on any atom is -0.206 e. The lowest BCUT2D eigenvalue weighted by Gasteiger charge is -2.33. The van der Waals surface area contributed by atoms with E-state index in [4.69, 9.17) is 11.6 Å². The van der Waals surface area contributed by atoms with Gasteiger partial charge in [-0.15, -0.1) is 17.9 Å². The van der Waals surface area contributed by atoms with E-state index in [-0.39, 0.29) is 10.8 Å². The zero-order valence-electron chi connectivity index (χ0n) is 10.4. The first-order valence-corrected chi connectivity index (χ1v) is 8.62. The number of sulfonamides is 1. The highest BCUT2D eigenvalue weighted by Gasteiger charge is 2.34. The van der Waals surface area contributed by atoms with Crippen molar-refractivity contribution in [2.75, 3.05) is 6.54 Å². The standard InChI is InChI=1S/C11H15BrClNO2S2/c1-5-6-14(11(2,3)4)18(15,16)9-7-8(13)10(12)17-9/h5,7H,1,6H2,2-4H3. The molecule has 0 spiro atoms. The third-order valence-corrected chi connectivity index (χ3v) is 7.26. The van der Waals surface area contributed by atoms with Crippen LogP contribution in [-0.2, 0) is 10.0 Å². The smallest absolute Gasteiger partial charge is 0.206 e. The van der Waals surface area contributed by atoms with E-state index in [0.717, 1.165) is 11.3 Å². The van der Waals surface area contributed by atoms with E-state index in [0.29, 0.717) is 8.81 Å². The molecule has 0 saturated carbocycles. The molecule has 1 heterocycles. The number of thiophene rings is 1. The van der Waals surface area contributed by atoms with Crippen molar-refractivity contribution in [3.8, 4) is 0 Å². The molecule has 18 heavy (non-hydrogen) atoms. The first-order valence-electron chi connectivity index (χ1n) is 5.19. The molecule has 0 aliphatic rings. The van der Waals surface area contributed by atoms with Crippen molar-refractivity contribution in [2.24, 2.45) is 0 Å². The van der Waals surface area contributed by atoms with Crippen molar-refractivity contribution < 1.29 is 8.42 Å². The summed E-state index contributed by atoms with van der Waals surface area (Å²) in [4.78, 5) is 0. The normalized spacial score (nSPS) is 13.0. The fraction of sp³-hybridized carbons (Fsp3) is 0.455. The Morgan fingerprint density at radius 3 is 2.44 bits per heavy atom. The van der Waals surface area contributed by atoms with E-state index < -0.39 is 15.6 Å². The molecule has 0 aliphatic heterocycles. The highest BCUT2D eigenvalue weighted by molar-refractivity contribution is 9.11. The fourth-order valence-corrected chi connectivity index (χ4v) is 5.68. The molecular weight excluding hydrogens is 358 g/mol. The fourth-order valence-electron chi connectivity index (χ4n) is 1.41. The molecule has 0 radical (unpaired) electrons. The lowest BCUT2D eigenvalue weighted by atomic mass is 10.1. The van der Waals surface area contributed by atoms with Gasteiger partial charge in [-0.2, -0.15) is 4.31 Å². The molecule has 0 bridgehead atoms. The van der Waals surface area contributed by atoms with Crippen LogP contribution in [0.25, 0.3) is 0 Å². The Kier molecular flexibility index (Phi) is 5.06. The molecule has 102 valence electrons. The number of hydrogen-bond acceptors (Lipinski definition) is 3. The Balaban J connectivity index is 3.30. The van der Waals surface area contributed by atoms with Crippen LogP contribution < -0.4 is 0 Å². The molecule has 0 atom stereocenters. The Morgan fingerprint density at radius 1 is 1.56 bits per heavy atom. The summed E-state index contributed by atoms with van der Waals surface area (Å²) in [6, 6.07) is 1.47. The summed E-state index contributed by atoms with van der Waals surface area (Å²) in [7, 11) is -3.56. The Morgan fingerprint density at radius 2 is 2.11 bits per heavy atom. The SMILES string of the molecule is C=CCN(C(C)(C)C)S(=O)(=O)c1cc(Cl)c(Br)s1. The molecule has 1 rings (SSSR count). The van der Waals surface area contributed by atoms with Crippen LogP contribution in [0.4, 0.5) is 0 Å². The molecule has 0 saturated heterocycles. The van der Waals surface area contributed by atoms with Crippen molar-refractivity contribution in [3.05, 3.63) is 27.5 Å². The maximum atomic E-state index is 12.5. The van der Waals surface area contributed by atoms with E-state index in [1.807, 2.05) is 20.8 Å². The van der Waals surface area contributed by atoms with Gasteiger partial charge in [-0.3, -0.25) is 0 Å². The van der Waals surface area contributed by atoms with Crippen LogP contribution in [0.15, 0.2) is 26.7 Å². The van der Waals surface area contributed by atoms with Gasteiger partial charge in [-0.1, -0.05) is 17.7 Å². The molecule has 0 unspecified atom stereocenters. The highest BCUT2D eigenvalue weighted by Crippen LogP contribution is 2.37. The second kappa shape index (κ2) is 5.63. The molecule has 0 fully saturated rings. The summed E-state index contributed by atoms with van der Waals surface area (Å²) in [5.74, 6) is 0. The molecule has 0 amide bonds. The third kappa shape index (κ3) is 3.36. The van der Waals surface area contributed by atoms with Gasteiger partial charge in [0.1, 0.15) is 4.21 Å². The number of halogens is 2. The van der Waals surface area contributed by atoms with Gasteiger partial charge in [-0.05, 0) is 42.8 Å². The molecule has 1 aromatic rings. The number of rotatable bonds is 4. The third-order valence-electron chi connectivity index (χ3n) is 2.21. The first-order chi connectivity index (χ1) is 8.10. The molecule has 1 aromatic heterocycles. The van der Waals surface area contributed by atoms with Gasteiger partial charge in [0, 0.05) is 12.1 Å². The summed E-state index contributed by atoms with van der Waals surface area (Å²) in [5.41, 5.74) is -0.518. The van der Waals surface area contributed by atoms with Crippen molar-refractivity contribution in [1.29, 1.82) is 0 Å². The van der Waals surface area contributed by atoms with Gasteiger partial charge < -0.3 is 0 Å². The van der Waals surface area contributed by atoms with Crippen LogP contribution in [-0.4, -0.2) is 24.8 Å². The van der Waals surface area contributed by atoms with E-state index >= 15 is 0 Å². The zero-order chi connectivity index (χ0) is 14.1. The van der Waals surface area contributed by atoms with Gasteiger partial charge >= 0.3 is 0 Å². The quantitative estimate of drug-likeness (QED) is 0.745. The van der Waals surface area contributed by atoms with Gasteiger partial charge in [0.05, 0.1) is 8.81 Å². The van der Waals surface area contributed by atoms with E-state index in [1.165, 1.54) is 10.4 Å². The molecular formula is C11H15BrClNO2S2. The topological polar surface area (TPSA) is 37.4 Å². The van der Waals surface area contributed by atoms with E-state index in [1.54, 1.807) is 6.08 Å². The van der Waals surface area contributed by atoms with Crippen molar-refractivity contribution >= 4 is 48.9 Å². The average molecular weight is 373 g/mol. The lowest BCUT2D eigenvalue weighted by molar-refractivity contribution is 0.270. The van der Waals surface area contributed by atoms with E-state index in [9.17, 15) is 8.42 Å². The largest absolute Gasteiger partial charge is 0.253 e. The first kappa shape index (κ1) is 16.2. The minimum atomic E-state index is -3.56. The monoisotopic (exact) mass is 371 g/mol. The summed E-state index contributed by atoms with van der Waals surface area (Å²) in [6.07, 6.45) is 1.58. The minimum absolute atomic E-state index is 0.233. The Hall–Kier alpha value is 0.120. The molecule has 0 aliphatic carbocycles.